The topological polar surface area (TPSA) is 24.7 Å². The van der Waals surface area contributed by atoms with E-state index in [1.165, 1.54) is 0 Å². The van der Waals surface area contributed by atoms with Crippen molar-refractivity contribution in [1.82, 2.24) is 0 Å². The van der Waals surface area contributed by atoms with E-state index in [0.717, 1.165) is 11.1 Å². The number of rotatable bonds is 3. The predicted molar refractivity (Wildman–Crippen MR) is 121 cm³/mol. The van der Waals surface area contributed by atoms with E-state index in [1.54, 1.807) is 6.92 Å². The third-order valence-corrected chi connectivity index (χ3v) is 4.98. The molecular formula is C19H14Cl6N2. The summed E-state index contributed by atoms with van der Waals surface area (Å²) in [5.74, 6) is 0.217. The molecule has 0 spiro atoms. The summed E-state index contributed by atoms with van der Waals surface area (Å²) < 4.78 is -3.47. The first kappa shape index (κ1) is 22.5. The van der Waals surface area contributed by atoms with Gasteiger partial charge in [-0.3, -0.25) is 0 Å². The normalized spacial score (nSPS) is 13.6. The van der Waals surface area contributed by atoms with E-state index in [9.17, 15) is 0 Å². The van der Waals surface area contributed by atoms with Crippen molar-refractivity contribution in [3.8, 4) is 11.1 Å². The molecule has 0 radical (unpaired) electrons. The minimum atomic E-state index is -1.78. The van der Waals surface area contributed by atoms with Gasteiger partial charge < -0.3 is 0 Å². The zero-order chi connectivity index (χ0) is 20.2. The van der Waals surface area contributed by atoms with Gasteiger partial charge in [-0.1, -0.05) is 131 Å². The first-order valence-electron chi connectivity index (χ1n) is 7.61. The lowest BCUT2D eigenvalue weighted by atomic mass is 10.0. The van der Waals surface area contributed by atoms with E-state index in [0.29, 0.717) is 5.56 Å². The standard InChI is InChI=1S/C19H14Cl6N2/c1-12(18(20,21)22)26-17(27-13(2)19(23,24)25)16-10-8-15(9-11-16)14-6-4-3-5-7-14/h3-11H,1H2,2H3. The highest BCUT2D eigenvalue weighted by Gasteiger charge is 2.27. The van der Waals surface area contributed by atoms with Crippen LogP contribution in [-0.2, 0) is 0 Å². The van der Waals surface area contributed by atoms with Crippen LogP contribution in [0.4, 0.5) is 0 Å². The molecule has 0 bridgehead atoms. The molecule has 0 aliphatic rings. The average molecular weight is 483 g/mol. The van der Waals surface area contributed by atoms with Crippen LogP contribution in [0.2, 0.25) is 0 Å². The van der Waals surface area contributed by atoms with Crippen molar-refractivity contribution in [3.63, 3.8) is 0 Å². The number of nitrogens with zero attached hydrogens (tertiary/aromatic N) is 2. The van der Waals surface area contributed by atoms with Gasteiger partial charge in [-0.15, -0.1) is 0 Å². The smallest absolute Gasteiger partial charge is 0.232 e. The third-order valence-electron chi connectivity index (χ3n) is 3.50. The molecule has 142 valence electrons. The van der Waals surface area contributed by atoms with Gasteiger partial charge >= 0.3 is 0 Å². The van der Waals surface area contributed by atoms with Gasteiger partial charge in [0, 0.05) is 5.56 Å². The van der Waals surface area contributed by atoms with Crippen molar-refractivity contribution in [2.75, 3.05) is 0 Å². The van der Waals surface area contributed by atoms with E-state index in [-0.39, 0.29) is 17.2 Å². The predicted octanol–water partition coefficient (Wildman–Crippen LogP) is 7.82. The first-order valence-corrected chi connectivity index (χ1v) is 9.88. The number of halogens is 6. The van der Waals surface area contributed by atoms with Crippen molar-refractivity contribution in [3.05, 3.63) is 72.4 Å². The Kier molecular flexibility index (Phi) is 7.66. The Hall–Kier alpha value is -0.740. The van der Waals surface area contributed by atoms with Crippen molar-refractivity contribution in [2.45, 2.75) is 14.5 Å². The molecule has 0 saturated carbocycles. The summed E-state index contributed by atoms with van der Waals surface area (Å²) in [6, 6.07) is 17.4. The fourth-order valence-electron chi connectivity index (χ4n) is 2.01. The molecule has 0 aliphatic carbocycles. The summed E-state index contributed by atoms with van der Waals surface area (Å²) >= 11 is 35.2. The quantitative estimate of drug-likeness (QED) is 0.242. The largest absolute Gasteiger partial charge is 0.233 e. The Morgan fingerprint density at radius 1 is 0.741 bits per heavy atom. The van der Waals surface area contributed by atoms with Crippen LogP contribution in [-0.4, -0.2) is 19.1 Å². The Morgan fingerprint density at radius 3 is 1.74 bits per heavy atom. The van der Waals surface area contributed by atoms with Gasteiger partial charge in [0.25, 0.3) is 0 Å². The Bertz CT molecular complexity index is 860. The van der Waals surface area contributed by atoms with Crippen LogP contribution >= 0.6 is 69.6 Å². The molecule has 0 unspecified atom stereocenters. The van der Waals surface area contributed by atoms with Crippen LogP contribution in [0.3, 0.4) is 0 Å². The van der Waals surface area contributed by atoms with Crippen LogP contribution < -0.4 is 0 Å². The summed E-state index contributed by atoms with van der Waals surface area (Å²) in [4.78, 5) is 8.54. The summed E-state index contributed by atoms with van der Waals surface area (Å²) in [5, 5.41) is 0. The second-order valence-electron chi connectivity index (χ2n) is 5.52. The highest BCUT2D eigenvalue weighted by molar-refractivity contribution is 6.76. The molecule has 0 fully saturated rings. The molecule has 0 aromatic heterocycles. The maximum atomic E-state index is 5.89. The molecule has 0 heterocycles. The SMILES string of the molecule is C=C(N=C(N=C(C)C(Cl)(Cl)Cl)c1ccc(-c2ccccc2)cc1)C(Cl)(Cl)Cl. The second kappa shape index (κ2) is 9.17. The summed E-state index contributed by atoms with van der Waals surface area (Å²) in [6.45, 7) is 5.24. The Balaban J connectivity index is 2.48. The summed E-state index contributed by atoms with van der Waals surface area (Å²) in [6.07, 6.45) is 0. The zero-order valence-electron chi connectivity index (χ0n) is 14.1. The van der Waals surface area contributed by atoms with Crippen LogP contribution in [0.1, 0.15) is 12.5 Å². The number of hydrogen-bond acceptors (Lipinski definition) is 1. The van der Waals surface area contributed by atoms with Crippen LogP contribution in [0.15, 0.2) is 76.9 Å². The molecular weight excluding hydrogens is 469 g/mol. The summed E-state index contributed by atoms with van der Waals surface area (Å²) in [5.41, 5.74) is 2.97. The van der Waals surface area contributed by atoms with E-state index in [4.69, 9.17) is 69.6 Å². The lowest BCUT2D eigenvalue weighted by molar-refractivity contribution is 1.19. The van der Waals surface area contributed by atoms with Gasteiger partial charge in [0.1, 0.15) is 0 Å². The molecule has 2 aromatic rings. The van der Waals surface area contributed by atoms with Gasteiger partial charge in [-0.2, -0.15) is 0 Å². The van der Waals surface area contributed by atoms with Crippen molar-refractivity contribution < 1.29 is 0 Å². The van der Waals surface area contributed by atoms with Gasteiger partial charge in [-0.25, -0.2) is 9.98 Å². The fourth-order valence-corrected chi connectivity index (χ4v) is 2.26. The molecule has 0 atom stereocenters. The number of amidine groups is 1. The Labute approximate surface area is 188 Å². The van der Waals surface area contributed by atoms with Crippen LogP contribution in [0, 0.1) is 0 Å². The molecule has 0 saturated heterocycles. The maximum absolute atomic E-state index is 5.89. The zero-order valence-corrected chi connectivity index (χ0v) is 18.6. The number of alkyl halides is 6. The molecule has 27 heavy (non-hydrogen) atoms. The van der Waals surface area contributed by atoms with Crippen molar-refractivity contribution in [2.24, 2.45) is 9.98 Å². The van der Waals surface area contributed by atoms with E-state index in [2.05, 4.69) is 16.6 Å². The lowest BCUT2D eigenvalue weighted by Gasteiger charge is -2.14. The van der Waals surface area contributed by atoms with Crippen LogP contribution in [0.25, 0.3) is 11.1 Å². The van der Waals surface area contributed by atoms with Crippen molar-refractivity contribution in [1.29, 1.82) is 0 Å². The fraction of sp³-hybridized carbons (Fsp3) is 0.158. The minimum Gasteiger partial charge on any atom is -0.233 e. The van der Waals surface area contributed by atoms with E-state index >= 15 is 0 Å². The molecule has 0 aliphatic heterocycles. The molecule has 0 N–H and O–H groups in total. The number of aliphatic imine (C=N–C) groups is 2. The molecule has 8 heteroatoms. The molecule has 0 amide bonds. The number of allylic oxidation sites excluding steroid dienone is 1. The number of hydrogen-bond donors (Lipinski definition) is 0. The highest BCUT2D eigenvalue weighted by Crippen LogP contribution is 2.35. The van der Waals surface area contributed by atoms with Gasteiger partial charge in [-0.05, 0) is 18.1 Å². The number of benzene rings is 2. The molecule has 2 rings (SSSR count). The average Bonchev–Trinajstić information content (AvgIpc) is 2.60. The van der Waals surface area contributed by atoms with E-state index < -0.39 is 7.59 Å². The monoisotopic (exact) mass is 480 g/mol. The van der Waals surface area contributed by atoms with E-state index in [1.807, 2.05) is 54.6 Å². The van der Waals surface area contributed by atoms with Gasteiger partial charge in [0.15, 0.2) is 5.84 Å². The first-order chi connectivity index (χ1) is 12.5. The minimum absolute atomic E-state index is 0.00416. The van der Waals surface area contributed by atoms with Crippen LogP contribution in [0.5, 0.6) is 0 Å². The lowest BCUT2D eigenvalue weighted by Crippen LogP contribution is -2.18. The maximum Gasteiger partial charge on any atom is 0.232 e. The third kappa shape index (κ3) is 6.67. The molecule has 2 nitrogen and oxygen atoms in total. The Morgan fingerprint density at radius 2 is 1.26 bits per heavy atom. The molecule has 2 aromatic carbocycles. The highest BCUT2D eigenvalue weighted by atomic mass is 35.6. The van der Waals surface area contributed by atoms with Gasteiger partial charge in [0.2, 0.25) is 7.59 Å². The summed E-state index contributed by atoms with van der Waals surface area (Å²) in [7, 11) is 0. The van der Waals surface area contributed by atoms with Crippen molar-refractivity contribution >= 4 is 81.2 Å². The van der Waals surface area contributed by atoms with Gasteiger partial charge in [0.05, 0.1) is 11.4 Å². The second-order valence-corrected chi connectivity index (χ2v) is 10.1.